The molecule has 0 fully saturated rings. The first-order valence-electron chi connectivity index (χ1n) is 8.17. The second kappa shape index (κ2) is 7.77. The summed E-state index contributed by atoms with van der Waals surface area (Å²) < 4.78 is 17.4. The van der Waals surface area contributed by atoms with Gasteiger partial charge in [-0.3, -0.25) is 9.48 Å². The third kappa shape index (κ3) is 4.35. The zero-order chi connectivity index (χ0) is 19.4. The van der Waals surface area contributed by atoms with Gasteiger partial charge in [0.05, 0.1) is 24.1 Å². The molecule has 0 aliphatic carbocycles. The SMILES string of the molecule is COC(=O)c1ccc(OCc2ccc(C(=O)Nc3cn(C)nc3C)o2)cc1. The summed E-state index contributed by atoms with van der Waals surface area (Å²) in [5.41, 5.74) is 1.78. The van der Waals surface area contributed by atoms with Gasteiger partial charge in [-0.1, -0.05) is 0 Å². The molecule has 3 rings (SSSR count). The minimum atomic E-state index is -0.410. The summed E-state index contributed by atoms with van der Waals surface area (Å²) in [6.07, 6.45) is 1.72. The number of ether oxygens (including phenoxy) is 2. The van der Waals surface area contributed by atoms with Crippen molar-refractivity contribution in [2.45, 2.75) is 13.5 Å². The third-order valence-corrected chi connectivity index (χ3v) is 3.80. The number of methoxy groups -OCH3 is 1. The molecule has 1 amide bonds. The highest BCUT2D eigenvalue weighted by Gasteiger charge is 2.14. The Labute approximate surface area is 155 Å². The van der Waals surface area contributed by atoms with Crippen LogP contribution in [0.5, 0.6) is 5.75 Å². The van der Waals surface area contributed by atoms with E-state index in [2.05, 4.69) is 15.2 Å². The van der Waals surface area contributed by atoms with Crippen molar-refractivity contribution in [1.82, 2.24) is 9.78 Å². The highest BCUT2D eigenvalue weighted by molar-refractivity contribution is 6.02. The molecule has 0 bridgehead atoms. The van der Waals surface area contributed by atoms with Gasteiger partial charge in [-0.05, 0) is 43.3 Å². The fraction of sp³-hybridized carbons (Fsp3) is 0.211. The molecule has 0 aliphatic heterocycles. The number of rotatable bonds is 6. The average molecular weight is 369 g/mol. The molecule has 8 nitrogen and oxygen atoms in total. The fourth-order valence-electron chi connectivity index (χ4n) is 2.44. The summed E-state index contributed by atoms with van der Waals surface area (Å²) in [5, 5.41) is 6.93. The van der Waals surface area contributed by atoms with Crippen LogP contribution in [0.2, 0.25) is 0 Å². The number of aromatic nitrogens is 2. The second-order valence-corrected chi connectivity index (χ2v) is 5.83. The molecule has 27 heavy (non-hydrogen) atoms. The van der Waals surface area contributed by atoms with Gasteiger partial charge < -0.3 is 19.2 Å². The van der Waals surface area contributed by atoms with E-state index in [0.717, 1.165) is 5.69 Å². The zero-order valence-electron chi connectivity index (χ0n) is 15.2. The number of carbonyl (C=O) groups excluding carboxylic acids is 2. The van der Waals surface area contributed by atoms with Crippen LogP contribution < -0.4 is 10.1 Å². The van der Waals surface area contributed by atoms with Crippen molar-refractivity contribution in [3.8, 4) is 5.75 Å². The van der Waals surface area contributed by atoms with Gasteiger partial charge in [-0.25, -0.2) is 4.79 Å². The van der Waals surface area contributed by atoms with Crippen molar-refractivity contribution >= 4 is 17.6 Å². The monoisotopic (exact) mass is 369 g/mol. The molecule has 1 aromatic carbocycles. The van der Waals surface area contributed by atoms with E-state index in [1.165, 1.54) is 7.11 Å². The van der Waals surface area contributed by atoms with Crippen molar-refractivity contribution < 1.29 is 23.5 Å². The normalized spacial score (nSPS) is 10.5. The minimum absolute atomic E-state index is 0.150. The van der Waals surface area contributed by atoms with Crippen LogP contribution in [0.15, 0.2) is 47.0 Å². The molecule has 1 N–H and O–H groups in total. The molecule has 2 aromatic heterocycles. The minimum Gasteiger partial charge on any atom is -0.486 e. The molecule has 0 atom stereocenters. The van der Waals surface area contributed by atoms with Crippen LogP contribution in [0.1, 0.15) is 32.4 Å². The maximum absolute atomic E-state index is 12.3. The highest BCUT2D eigenvalue weighted by atomic mass is 16.5. The molecule has 3 aromatic rings. The number of benzene rings is 1. The number of aryl methyl sites for hydroxylation is 2. The van der Waals surface area contributed by atoms with Crippen molar-refractivity contribution in [3.63, 3.8) is 0 Å². The Balaban J connectivity index is 1.58. The lowest BCUT2D eigenvalue weighted by Crippen LogP contribution is -2.11. The molecule has 8 heteroatoms. The smallest absolute Gasteiger partial charge is 0.337 e. The van der Waals surface area contributed by atoms with Gasteiger partial charge in [-0.2, -0.15) is 5.10 Å². The number of carbonyl (C=O) groups is 2. The number of furan rings is 1. The largest absolute Gasteiger partial charge is 0.486 e. The zero-order valence-corrected chi connectivity index (χ0v) is 15.2. The Kier molecular flexibility index (Phi) is 5.25. The van der Waals surface area contributed by atoms with Crippen LogP contribution in [-0.2, 0) is 18.4 Å². The van der Waals surface area contributed by atoms with E-state index >= 15 is 0 Å². The van der Waals surface area contributed by atoms with Gasteiger partial charge in [0.15, 0.2) is 5.76 Å². The summed E-state index contributed by atoms with van der Waals surface area (Å²) in [7, 11) is 3.11. The molecule has 0 spiro atoms. The first kappa shape index (κ1) is 18.2. The van der Waals surface area contributed by atoms with Crippen molar-refractivity contribution in [1.29, 1.82) is 0 Å². The van der Waals surface area contributed by atoms with E-state index in [1.807, 2.05) is 6.92 Å². The molecular formula is C19H19N3O5. The van der Waals surface area contributed by atoms with Crippen LogP contribution in [-0.4, -0.2) is 28.8 Å². The lowest BCUT2D eigenvalue weighted by Gasteiger charge is -2.05. The quantitative estimate of drug-likeness (QED) is 0.671. The predicted molar refractivity (Wildman–Crippen MR) is 96.7 cm³/mol. The molecule has 0 saturated heterocycles. The summed E-state index contributed by atoms with van der Waals surface area (Å²) in [6, 6.07) is 9.80. The van der Waals surface area contributed by atoms with E-state index in [4.69, 9.17) is 9.15 Å². The van der Waals surface area contributed by atoms with Crippen LogP contribution >= 0.6 is 0 Å². The number of anilines is 1. The van der Waals surface area contributed by atoms with E-state index in [9.17, 15) is 9.59 Å². The van der Waals surface area contributed by atoms with Gasteiger partial charge in [0.25, 0.3) is 5.91 Å². The van der Waals surface area contributed by atoms with Gasteiger partial charge in [-0.15, -0.1) is 0 Å². The number of nitrogens with zero attached hydrogens (tertiary/aromatic N) is 2. The molecule has 140 valence electrons. The summed E-state index contributed by atoms with van der Waals surface area (Å²) in [6.45, 7) is 1.96. The molecule has 2 heterocycles. The van der Waals surface area contributed by atoms with Crippen LogP contribution in [0.3, 0.4) is 0 Å². The van der Waals surface area contributed by atoms with Gasteiger partial charge in [0, 0.05) is 13.2 Å². The van der Waals surface area contributed by atoms with Crippen LogP contribution in [0.25, 0.3) is 0 Å². The van der Waals surface area contributed by atoms with Gasteiger partial charge >= 0.3 is 5.97 Å². The Morgan fingerprint density at radius 3 is 2.56 bits per heavy atom. The fourth-order valence-corrected chi connectivity index (χ4v) is 2.44. The molecule has 0 radical (unpaired) electrons. The number of nitrogens with one attached hydrogen (secondary N) is 1. The van der Waals surface area contributed by atoms with Crippen LogP contribution in [0.4, 0.5) is 5.69 Å². The first-order valence-corrected chi connectivity index (χ1v) is 8.17. The van der Waals surface area contributed by atoms with Gasteiger partial charge in [0.1, 0.15) is 18.1 Å². The van der Waals surface area contributed by atoms with E-state index < -0.39 is 5.97 Å². The molecule has 0 unspecified atom stereocenters. The predicted octanol–water partition coefficient (Wildman–Crippen LogP) is 2.94. The van der Waals surface area contributed by atoms with Crippen molar-refractivity contribution in [2.24, 2.45) is 7.05 Å². The summed E-state index contributed by atoms with van der Waals surface area (Å²) in [5.74, 6) is 0.473. The number of hydrogen-bond acceptors (Lipinski definition) is 6. The Morgan fingerprint density at radius 1 is 1.19 bits per heavy atom. The third-order valence-electron chi connectivity index (χ3n) is 3.80. The summed E-state index contributed by atoms with van der Waals surface area (Å²) >= 11 is 0. The first-order chi connectivity index (χ1) is 13.0. The number of amides is 1. The second-order valence-electron chi connectivity index (χ2n) is 5.83. The average Bonchev–Trinajstić information content (AvgIpc) is 3.26. The summed E-state index contributed by atoms with van der Waals surface area (Å²) in [4.78, 5) is 23.7. The Hall–Kier alpha value is -3.55. The van der Waals surface area contributed by atoms with E-state index in [1.54, 1.807) is 54.3 Å². The van der Waals surface area contributed by atoms with Crippen molar-refractivity contribution in [3.05, 3.63) is 65.4 Å². The Morgan fingerprint density at radius 2 is 1.93 bits per heavy atom. The number of esters is 1. The maximum Gasteiger partial charge on any atom is 0.337 e. The molecule has 0 saturated carbocycles. The van der Waals surface area contributed by atoms with Crippen LogP contribution in [0, 0.1) is 6.92 Å². The van der Waals surface area contributed by atoms with Crippen molar-refractivity contribution in [2.75, 3.05) is 12.4 Å². The maximum atomic E-state index is 12.3. The lowest BCUT2D eigenvalue weighted by atomic mass is 10.2. The lowest BCUT2D eigenvalue weighted by molar-refractivity contribution is 0.0600. The topological polar surface area (TPSA) is 95.6 Å². The van der Waals surface area contributed by atoms with E-state index in [0.29, 0.717) is 22.8 Å². The standard InChI is InChI=1S/C19H19N3O5/c1-12-16(10-22(2)21-12)20-18(23)17-9-8-15(27-17)11-26-14-6-4-13(5-7-14)19(24)25-3/h4-10H,11H2,1-3H3,(H,20,23). The highest BCUT2D eigenvalue weighted by Crippen LogP contribution is 2.18. The molecular weight excluding hydrogens is 350 g/mol. The Bertz CT molecular complexity index is 956. The van der Waals surface area contributed by atoms with Gasteiger partial charge in [0.2, 0.25) is 0 Å². The number of hydrogen-bond donors (Lipinski definition) is 1. The molecule has 0 aliphatic rings. The van der Waals surface area contributed by atoms with E-state index in [-0.39, 0.29) is 18.3 Å².